The van der Waals surface area contributed by atoms with E-state index < -0.39 is 0 Å². The van der Waals surface area contributed by atoms with Crippen LogP contribution in [0.3, 0.4) is 0 Å². The molecule has 0 heterocycles. The Morgan fingerprint density at radius 3 is 1.43 bits per heavy atom. The number of hydrogen-bond donors (Lipinski definition) is 0. The van der Waals surface area contributed by atoms with Gasteiger partial charge >= 0.3 is 0 Å². The van der Waals surface area contributed by atoms with Gasteiger partial charge in [-0.05, 0) is 0 Å². The second-order valence-electron chi connectivity index (χ2n) is 1.32. The molecule has 0 unspecified atom stereocenters. The third-order valence-corrected chi connectivity index (χ3v) is 0.333. The average molecular weight is 98.2 g/mol. The molecule has 0 nitrogen and oxygen atoms in total. The van der Waals surface area contributed by atoms with Crippen molar-refractivity contribution >= 4 is 0 Å². The van der Waals surface area contributed by atoms with Gasteiger partial charge in [-0.15, -0.1) is 12.3 Å². The first-order valence-electron chi connectivity index (χ1n) is 2.73. The Bertz CT molecular complexity index is 45.5. The van der Waals surface area contributed by atoms with Gasteiger partial charge in [-0.1, -0.05) is 27.7 Å². The van der Waals surface area contributed by atoms with E-state index in [0.29, 0.717) is 5.92 Å². The third kappa shape index (κ3) is 29.0. The van der Waals surface area contributed by atoms with Crippen molar-refractivity contribution in [1.82, 2.24) is 0 Å². The molecule has 0 aromatic heterocycles. The van der Waals surface area contributed by atoms with Crippen LogP contribution in [-0.4, -0.2) is 0 Å². The minimum Gasteiger partial charge on any atom is -0.120 e. The zero-order chi connectivity index (χ0) is 6.28. The van der Waals surface area contributed by atoms with Gasteiger partial charge in [0, 0.05) is 5.92 Å². The van der Waals surface area contributed by atoms with Gasteiger partial charge in [-0.2, -0.15) is 0 Å². The van der Waals surface area contributed by atoms with Crippen molar-refractivity contribution < 1.29 is 0 Å². The Hall–Kier alpha value is -0.440. The zero-order valence-electron chi connectivity index (χ0n) is 5.65. The summed E-state index contributed by atoms with van der Waals surface area (Å²) >= 11 is 0. The minimum atomic E-state index is 0.412. The maximum Gasteiger partial charge on any atom is 0.0143 e. The van der Waals surface area contributed by atoms with Crippen LogP contribution in [0, 0.1) is 18.3 Å². The standard InChI is InChI=1S/C5H8.C2H6/c1-4-5(2)3;1-2/h1,5H,2-3H3;1-2H3. The third-order valence-electron chi connectivity index (χ3n) is 0.333. The highest BCUT2D eigenvalue weighted by molar-refractivity contribution is 4.86. The lowest BCUT2D eigenvalue weighted by atomic mass is 10.2. The molecule has 0 N–H and O–H groups in total. The fourth-order valence-electron chi connectivity index (χ4n) is 0. The van der Waals surface area contributed by atoms with Gasteiger partial charge in [0.25, 0.3) is 0 Å². The second-order valence-corrected chi connectivity index (χ2v) is 1.32. The highest BCUT2D eigenvalue weighted by Crippen LogP contribution is 1.81. The van der Waals surface area contributed by atoms with E-state index in [0.717, 1.165) is 0 Å². The van der Waals surface area contributed by atoms with Crippen molar-refractivity contribution in [3.63, 3.8) is 0 Å². The zero-order valence-corrected chi connectivity index (χ0v) is 5.65. The van der Waals surface area contributed by atoms with Crippen molar-refractivity contribution in [2.45, 2.75) is 27.7 Å². The number of hydrogen-bond acceptors (Lipinski definition) is 0. The summed E-state index contributed by atoms with van der Waals surface area (Å²) in [5.41, 5.74) is 0. The predicted molar refractivity (Wildman–Crippen MR) is 35.0 cm³/mol. The van der Waals surface area contributed by atoms with E-state index in [9.17, 15) is 0 Å². The summed E-state index contributed by atoms with van der Waals surface area (Å²) in [6.45, 7) is 7.97. The average Bonchev–Trinajstić information content (AvgIpc) is 1.73. The lowest BCUT2D eigenvalue weighted by Gasteiger charge is -1.80. The van der Waals surface area contributed by atoms with E-state index in [1.54, 1.807) is 0 Å². The topological polar surface area (TPSA) is 0 Å². The fraction of sp³-hybridized carbons (Fsp3) is 0.714. The van der Waals surface area contributed by atoms with Crippen LogP contribution in [0.5, 0.6) is 0 Å². The Kier molecular flexibility index (Phi) is 12.7. The molecule has 0 saturated carbocycles. The molecule has 0 fully saturated rings. The highest BCUT2D eigenvalue weighted by Gasteiger charge is 1.74. The van der Waals surface area contributed by atoms with Gasteiger partial charge in [0.05, 0.1) is 0 Å². The number of rotatable bonds is 0. The summed E-state index contributed by atoms with van der Waals surface area (Å²) in [4.78, 5) is 0. The first kappa shape index (κ1) is 9.75. The van der Waals surface area contributed by atoms with Gasteiger partial charge in [-0.3, -0.25) is 0 Å². The van der Waals surface area contributed by atoms with Crippen LogP contribution in [0.2, 0.25) is 0 Å². The maximum absolute atomic E-state index is 4.92. The molecule has 0 heteroatoms. The molecular formula is C7H14. The van der Waals surface area contributed by atoms with Crippen LogP contribution in [0.1, 0.15) is 27.7 Å². The summed E-state index contributed by atoms with van der Waals surface area (Å²) in [6.07, 6.45) is 4.92. The molecule has 0 atom stereocenters. The molecule has 0 spiro atoms. The summed E-state index contributed by atoms with van der Waals surface area (Å²) in [7, 11) is 0. The molecule has 0 saturated heterocycles. The molecule has 42 valence electrons. The highest BCUT2D eigenvalue weighted by atomic mass is 13.8. The first-order valence-corrected chi connectivity index (χ1v) is 2.73. The van der Waals surface area contributed by atoms with Crippen molar-refractivity contribution in [2.24, 2.45) is 5.92 Å². The minimum absolute atomic E-state index is 0.412. The Balaban J connectivity index is 0. The Morgan fingerprint density at radius 2 is 1.43 bits per heavy atom. The molecule has 0 radical (unpaired) electrons. The van der Waals surface area contributed by atoms with Crippen LogP contribution >= 0.6 is 0 Å². The Morgan fingerprint density at radius 1 is 1.29 bits per heavy atom. The molecule has 0 rings (SSSR count). The quantitative estimate of drug-likeness (QED) is 0.408. The van der Waals surface area contributed by atoms with Crippen molar-refractivity contribution in [1.29, 1.82) is 0 Å². The van der Waals surface area contributed by atoms with E-state index in [1.807, 2.05) is 27.7 Å². The predicted octanol–water partition coefficient (Wildman–Crippen LogP) is 2.30. The summed E-state index contributed by atoms with van der Waals surface area (Å²) in [5, 5.41) is 0. The fourth-order valence-corrected chi connectivity index (χ4v) is 0. The molecule has 0 bridgehead atoms. The molecule has 7 heavy (non-hydrogen) atoms. The van der Waals surface area contributed by atoms with Gasteiger partial charge in [0.2, 0.25) is 0 Å². The van der Waals surface area contributed by atoms with Crippen LogP contribution < -0.4 is 0 Å². The van der Waals surface area contributed by atoms with E-state index in [1.165, 1.54) is 0 Å². The summed E-state index contributed by atoms with van der Waals surface area (Å²) < 4.78 is 0. The molecular weight excluding hydrogens is 84.1 g/mol. The molecule has 0 aromatic rings. The van der Waals surface area contributed by atoms with Crippen molar-refractivity contribution in [2.75, 3.05) is 0 Å². The monoisotopic (exact) mass is 98.1 g/mol. The van der Waals surface area contributed by atoms with Gasteiger partial charge in [-0.25, -0.2) is 0 Å². The largest absolute Gasteiger partial charge is 0.120 e. The van der Waals surface area contributed by atoms with E-state index >= 15 is 0 Å². The summed E-state index contributed by atoms with van der Waals surface area (Å²) in [6, 6.07) is 0. The lowest BCUT2D eigenvalue weighted by Crippen LogP contribution is -1.72. The van der Waals surface area contributed by atoms with Crippen LogP contribution in [0.25, 0.3) is 0 Å². The molecule has 0 aliphatic heterocycles. The van der Waals surface area contributed by atoms with Gasteiger partial charge < -0.3 is 0 Å². The summed E-state index contributed by atoms with van der Waals surface area (Å²) in [5.74, 6) is 2.94. The maximum atomic E-state index is 4.92. The van der Waals surface area contributed by atoms with E-state index in [2.05, 4.69) is 5.92 Å². The van der Waals surface area contributed by atoms with Crippen LogP contribution in [0.15, 0.2) is 0 Å². The molecule has 0 aromatic carbocycles. The van der Waals surface area contributed by atoms with E-state index in [-0.39, 0.29) is 0 Å². The smallest absolute Gasteiger partial charge is 0.0143 e. The molecule has 0 aliphatic carbocycles. The Labute approximate surface area is 46.9 Å². The van der Waals surface area contributed by atoms with Crippen molar-refractivity contribution in [3.8, 4) is 12.3 Å². The first-order chi connectivity index (χ1) is 3.27. The molecule has 0 amide bonds. The van der Waals surface area contributed by atoms with Crippen LogP contribution in [0.4, 0.5) is 0 Å². The van der Waals surface area contributed by atoms with Gasteiger partial charge in [0.15, 0.2) is 0 Å². The normalized spacial score (nSPS) is 6.29. The second kappa shape index (κ2) is 9.12. The SMILES string of the molecule is C#CC(C)C.CC. The lowest BCUT2D eigenvalue weighted by molar-refractivity contribution is 0.868. The van der Waals surface area contributed by atoms with Crippen LogP contribution in [-0.2, 0) is 0 Å². The van der Waals surface area contributed by atoms with E-state index in [4.69, 9.17) is 6.42 Å². The number of terminal acetylenes is 1. The molecule has 0 aliphatic rings. The van der Waals surface area contributed by atoms with Gasteiger partial charge in [0.1, 0.15) is 0 Å². The van der Waals surface area contributed by atoms with Crippen molar-refractivity contribution in [3.05, 3.63) is 0 Å².